The number of hydrogen-bond acceptors (Lipinski definition) is 4. The quantitative estimate of drug-likeness (QED) is 0.733. The molecule has 0 bridgehead atoms. The normalized spacial score (nSPS) is 20.0. The highest BCUT2D eigenvalue weighted by molar-refractivity contribution is 6.30. The lowest BCUT2D eigenvalue weighted by molar-refractivity contribution is 0.0890. The van der Waals surface area contributed by atoms with Gasteiger partial charge in [0.2, 0.25) is 5.88 Å². The van der Waals surface area contributed by atoms with Crippen LogP contribution in [0.25, 0.3) is 11.0 Å². The van der Waals surface area contributed by atoms with Crippen molar-refractivity contribution in [2.24, 2.45) is 0 Å². The van der Waals surface area contributed by atoms with Crippen molar-refractivity contribution in [3.63, 3.8) is 0 Å². The molecule has 1 aliphatic rings. The Bertz CT molecular complexity index is 901. The number of pyridine rings is 1. The number of imidazole rings is 1. The number of amides is 1. The van der Waals surface area contributed by atoms with Crippen LogP contribution in [-0.2, 0) is 0 Å². The van der Waals surface area contributed by atoms with E-state index in [-0.39, 0.29) is 18.1 Å². The smallest absolute Gasteiger partial charge is 0.251 e. The number of ether oxygens (including phenoxy) is 1. The second-order valence-electron chi connectivity index (χ2n) is 6.51. The topological polar surface area (TPSA) is 79.9 Å². The molecule has 0 aliphatic heterocycles. The zero-order valence-corrected chi connectivity index (χ0v) is 14.9. The van der Waals surface area contributed by atoms with E-state index in [2.05, 4.69) is 20.3 Å². The van der Waals surface area contributed by atoms with Gasteiger partial charge in [0.15, 0.2) is 0 Å². The average molecular weight is 371 g/mol. The van der Waals surface area contributed by atoms with Gasteiger partial charge in [-0.15, -0.1) is 0 Å². The number of nitrogens with zero attached hydrogens (tertiary/aromatic N) is 2. The van der Waals surface area contributed by atoms with E-state index >= 15 is 0 Å². The molecule has 6 nitrogen and oxygen atoms in total. The number of carbonyl (C=O) groups is 1. The number of aromatic nitrogens is 3. The van der Waals surface area contributed by atoms with Crippen LogP contribution < -0.4 is 10.1 Å². The second kappa shape index (κ2) is 7.33. The van der Waals surface area contributed by atoms with E-state index in [9.17, 15) is 4.79 Å². The van der Waals surface area contributed by atoms with Gasteiger partial charge in [0, 0.05) is 23.9 Å². The highest BCUT2D eigenvalue weighted by Crippen LogP contribution is 2.24. The molecule has 26 heavy (non-hydrogen) atoms. The maximum Gasteiger partial charge on any atom is 0.251 e. The molecule has 1 fully saturated rings. The number of aromatic amines is 1. The zero-order valence-electron chi connectivity index (χ0n) is 14.1. The van der Waals surface area contributed by atoms with Crippen LogP contribution in [0.1, 0.15) is 36.0 Å². The third kappa shape index (κ3) is 3.80. The largest absolute Gasteiger partial charge is 0.474 e. The highest BCUT2D eigenvalue weighted by Gasteiger charge is 2.24. The molecular weight excluding hydrogens is 352 g/mol. The van der Waals surface area contributed by atoms with E-state index in [0.29, 0.717) is 16.5 Å². The Kier molecular flexibility index (Phi) is 4.75. The maximum absolute atomic E-state index is 12.5. The Morgan fingerprint density at radius 1 is 1.15 bits per heavy atom. The summed E-state index contributed by atoms with van der Waals surface area (Å²) in [5, 5.41) is 3.72. The summed E-state index contributed by atoms with van der Waals surface area (Å²) in [4.78, 5) is 23.8. The van der Waals surface area contributed by atoms with E-state index in [1.54, 1.807) is 30.7 Å². The Balaban J connectivity index is 1.30. The van der Waals surface area contributed by atoms with E-state index in [4.69, 9.17) is 16.3 Å². The number of fused-ring (bicyclic) bond motifs is 1. The van der Waals surface area contributed by atoms with E-state index in [0.717, 1.165) is 36.7 Å². The molecule has 1 saturated carbocycles. The third-order valence-corrected chi connectivity index (χ3v) is 4.90. The van der Waals surface area contributed by atoms with Gasteiger partial charge in [-0.1, -0.05) is 11.6 Å². The predicted molar refractivity (Wildman–Crippen MR) is 99.5 cm³/mol. The summed E-state index contributed by atoms with van der Waals surface area (Å²) in [5.74, 6) is 0.542. The number of nitrogens with one attached hydrogen (secondary N) is 2. The molecule has 0 atom stereocenters. The molecule has 0 radical (unpaired) electrons. The van der Waals surface area contributed by atoms with Crippen LogP contribution in [0.2, 0.25) is 5.02 Å². The first kappa shape index (κ1) is 16.8. The van der Waals surface area contributed by atoms with Gasteiger partial charge in [0.1, 0.15) is 6.10 Å². The van der Waals surface area contributed by atoms with Crippen molar-refractivity contribution in [3.05, 3.63) is 53.4 Å². The van der Waals surface area contributed by atoms with Crippen LogP contribution in [0.5, 0.6) is 5.88 Å². The van der Waals surface area contributed by atoms with Gasteiger partial charge in [-0.3, -0.25) is 4.79 Å². The number of hydrogen-bond donors (Lipinski definition) is 2. The predicted octanol–water partition coefficient (Wildman–Crippen LogP) is 3.73. The molecule has 2 aromatic heterocycles. The summed E-state index contributed by atoms with van der Waals surface area (Å²) >= 11 is 5.83. The number of H-pyrrole nitrogens is 1. The lowest BCUT2D eigenvalue weighted by Crippen LogP contribution is -2.39. The highest BCUT2D eigenvalue weighted by atomic mass is 35.5. The maximum atomic E-state index is 12.5. The summed E-state index contributed by atoms with van der Waals surface area (Å²) in [7, 11) is 0. The lowest BCUT2D eigenvalue weighted by Gasteiger charge is -2.29. The van der Waals surface area contributed by atoms with Gasteiger partial charge >= 0.3 is 0 Å². The number of halogens is 1. The molecule has 3 aromatic rings. The Morgan fingerprint density at radius 3 is 2.77 bits per heavy atom. The Labute approximate surface area is 155 Å². The van der Waals surface area contributed by atoms with Crippen molar-refractivity contribution in [2.75, 3.05) is 0 Å². The first-order chi connectivity index (χ1) is 12.7. The monoisotopic (exact) mass is 370 g/mol. The molecule has 1 amide bonds. The van der Waals surface area contributed by atoms with Gasteiger partial charge in [-0.25, -0.2) is 9.97 Å². The fourth-order valence-corrected chi connectivity index (χ4v) is 3.39. The van der Waals surface area contributed by atoms with Gasteiger partial charge in [0.25, 0.3) is 5.91 Å². The standard InChI is InChI=1S/C19H19ClN4O2/c20-13-2-8-18(21-10-13)26-15-5-3-14(4-6-15)24-19(25)12-1-7-16-17(9-12)23-11-22-16/h1-2,7-11,14-15H,3-6H2,(H,22,23)(H,24,25). The summed E-state index contributed by atoms with van der Waals surface area (Å²) in [6, 6.07) is 9.20. The summed E-state index contributed by atoms with van der Waals surface area (Å²) in [6.45, 7) is 0. The molecule has 0 saturated heterocycles. The van der Waals surface area contributed by atoms with E-state index in [1.165, 1.54) is 0 Å². The fourth-order valence-electron chi connectivity index (χ4n) is 3.27. The van der Waals surface area contributed by atoms with Crippen molar-refractivity contribution in [2.45, 2.75) is 37.8 Å². The molecular formula is C19H19ClN4O2. The van der Waals surface area contributed by atoms with Crippen molar-refractivity contribution < 1.29 is 9.53 Å². The van der Waals surface area contributed by atoms with Crippen molar-refractivity contribution in [1.29, 1.82) is 0 Å². The van der Waals surface area contributed by atoms with Gasteiger partial charge in [-0.2, -0.15) is 0 Å². The molecule has 2 heterocycles. The molecule has 1 aromatic carbocycles. The van der Waals surface area contributed by atoms with Crippen LogP contribution in [-0.4, -0.2) is 33.0 Å². The molecule has 0 unspecified atom stereocenters. The zero-order chi connectivity index (χ0) is 17.9. The second-order valence-corrected chi connectivity index (χ2v) is 6.95. The summed E-state index contributed by atoms with van der Waals surface area (Å²) < 4.78 is 5.89. The molecule has 134 valence electrons. The molecule has 2 N–H and O–H groups in total. The first-order valence-electron chi connectivity index (χ1n) is 8.69. The minimum atomic E-state index is -0.0507. The molecule has 1 aliphatic carbocycles. The minimum absolute atomic E-state index is 0.0507. The van der Waals surface area contributed by atoms with E-state index < -0.39 is 0 Å². The third-order valence-electron chi connectivity index (χ3n) is 4.68. The van der Waals surface area contributed by atoms with Crippen molar-refractivity contribution in [1.82, 2.24) is 20.3 Å². The van der Waals surface area contributed by atoms with Gasteiger partial charge in [0.05, 0.1) is 22.4 Å². The number of benzene rings is 1. The van der Waals surface area contributed by atoms with Gasteiger partial charge in [-0.05, 0) is 49.9 Å². The summed E-state index contributed by atoms with van der Waals surface area (Å²) in [6.07, 6.45) is 6.87. The Hall–Kier alpha value is -2.60. The molecule has 0 spiro atoms. The number of carbonyl (C=O) groups excluding carboxylic acids is 1. The molecule has 4 rings (SSSR count). The van der Waals surface area contributed by atoms with Crippen LogP contribution in [0.4, 0.5) is 0 Å². The Morgan fingerprint density at radius 2 is 2.00 bits per heavy atom. The van der Waals surface area contributed by atoms with Crippen molar-refractivity contribution >= 4 is 28.5 Å². The minimum Gasteiger partial charge on any atom is -0.474 e. The van der Waals surface area contributed by atoms with Gasteiger partial charge < -0.3 is 15.0 Å². The lowest BCUT2D eigenvalue weighted by atomic mass is 9.92. The summed E-state index contributed by atoms with van der Waals surface area (Å²) in [5.41, 5.74) is 2.37. The van der Waals surface area contributed by atoms with Crippen LogP contribution in [0.3, 0.4) is 0 Å². The van der Waals surface area contributed by atoms with Crippen LogP contribution >= 0.6 is 11.6 Å². The van der Waals surface area contributed by atoms with Crippen LogP contribution in [0.15, 0.2) is 42.9 Å². The number of rotatable bonds is 4. The van der Waals surface area contributed by atoms with Crippen molar-refractivity contribution in [3.8, 4) is 5.88 Å². The SMILES string of the molecule is O=C(NC1CCC(Oc2ccc(Cl)cn2)CC1)c1ccc2nc[nH]c2c1. The molecule has 7 heteroatoms. The fraction of sp³-hybridized carbons (Fsp3) is 0.316. The average Bonchev–Trinajstić information content (AvgIpc) is 3.13. The van der Waals surface area contributed by atoms with E-state index in [1.807, 2.05) is 12.1 Å². The first-order valence-corrected chi connectivity index (χ1v) is 9.07. The van der Waals surface area contributed by atoms with Crippen LogP contribution in [0, 0.1) is 0 Å².